The SMILES string of the molecule is F[C](F)c1c(F)c(F)c(F)c2c(F)c(F)c(F)c(F)c12. The molecule has 0 aliphatic carbocycles. The minimum atomic E-state index is -3.06. The first kappa shape index (κ1) is 14.5. The van der Waals surface area contributed by atoms with Crippen LogP contribution in [0.25, 0.3) is 10.8 Å². The van der Waals surface area contributed by atoms with E-state index in [1.54, 1.807) is 0 Å². The summed E-state index contributed by atoms with van der Waals surface area (Å²) in [4.78, 5) is 0. The largest absolute Gasteiger partial charge is 0.343 e. The lowest BCUT2D eigenvalue weighted by molar-refractivity contribution is 0.313. The summed E-state index contributed by atoms with van der Waals surface area (Å²) in [5.74, 6) is -17.5. The lowest BCUT2D eigenvalue weighted by Crippen LogP contribution is -2.08. The van der Waals surface area contributed by atoms with Crippen molar-refractivity contribution >= 4 is 10.8 Å². The van der Waals surface area contributed by atoms with E-state index >= 15 is 0 Å². The molecular formula is C11F9. The first-order chi connectivity index (χ1) is 9.20. The molecule has 0 spiro atoms. The van der Waals surface area contributed by atoms with Crippen LogP contribution >= 0.6 is 0 Å². The average Bonchev–Trinajstić information content (AvgIpc) is 2.39. The minimum Gasteiger partial charge on any atom is -0.203 e. The molecule has 0 N–H and O–H groups in total. The molecule has 0 nitrogen and oxygen atoms in total. The monoisotopic (exact) mass is 303 g/mol. The zero-order valence-electron chi connectivity index (χ0n) is 8.90. The Bertz CT molecular complexity index is 712. The van der Waals surface area contributed by atoms with Crippen molar-refractivity contribution in [1.29, 1.82) is 0 Å². The molecule has 0 aliphatic heterocycles. The summed E-state index contributed by atoms with van der Waals surface area (Å²) in [6.45, 7) is 0. The van der Waals surface area contributed by atoms with Crippen LogP contribution in [0.3, 0.4) is 0 Å². The molecule has 0 aliphatic rings. The van der Waals surface area contributed by atoms with Crippen molar-refractivity contribution < 1.29 is 39.5 Å². The van der Waals surface area contributed by atoms with Crippen molar-refractivity contribution in [1.82, 2.24) is 0 Å². The Labute approximate surface area is 104 Å². The topological polar surface area (TPSA) is 0 Å². The standard InChI is InChI=1S/C11F9/c12-4-1-2(6(14)10(18)9(4)17)5(13)8(16)7(15)3(1)11(19)20. The van der Waals surface area contributed by atoms with Gasteiger partial charge in [-0.25, -0.2) is 30.7 Å². The molecule has 20 heavy (non-hydrogen) atoms. The first-order valence-corrected chi connectivity index (χ1v) is 4.70. The van der Waals surface area contributed by atoms with Gasteiger partial charge in [-0.15, -0.1) is 0 Å². The van der Waals surface area contributed by atoms with E-state index in [1.807, 2.05) is 0 Å². The summed E-state index contributed by atoms with van der Waals surface area (Å²) in [7, 11) is 0. The molecule has 0 saturated carbocycles. The van der Waals surface area contributed by atoms with Gasteiger partial charge in [0.2, 0.25) is 0 Å². The fourth-order valence-corrected chi connectivity index (χ4v) is 1.68. The Kier molecular flexibility index (Phi) is 3.31. The quantitative estimate of drug-likeness (QED) is 0.410. The van der Waals surface area contributed by atoms with Crippen molar-refractivity contribution in [2.45, 2.75) is 0 Å². The molecule has 0 saturated heterocycles. The number of rotatable bonds is 1. The Morgan fingerprint density at radius 2 is 0.800 bits per heavy atom. The van der Waals surface area contributed by atoms with Gasteiger partial charge in [0.15, 0.2) is 40.7 Å². The van der Waals surface area contributed by atoms with Crippen molar-refractivity contribution in [3.63, 3.8) is 0 Å². The van der Waals surface area contributed by atoms with Crippen molar-refractivity contribution in [3.8, 4) is 0 Å². The molecule has 0 atom stereocenters. The van der Waals surface area contributed by atoms with Gasteiger partial charge in [-0.3, -0.25) is 0 Å². The van der Waals surface area contributed by atoms with Crippen molar-refractivity contribution in [3.05, 3.63) is 52.7 Å². The molecule has 0 amide bonds. The van der Waals surface area contributed by atoms with Crippen LogP contribution in [-0.4, -0.2) is 0 Å². The maximum atomic E-state index is 13.4. The maximum absolute atomic E-state index is 13.4. The number of hydrogen-bond acceptors (Lipinski definition) is 0. The zero-order valence-corrected chi connectivity index (χ0v) is 8.90. The van der Waals surface area contributed by atoms with Gasteiger partial charge in [0.05, 0.1) is 10.9 Å². The number of hydrogen-bond donors (Lipinski definition) is 0. The highest BCUT2D eigenvalue weighted by Gasteiger charge is 2.34. The predicted octanol–water partition coefficient (Wildman–Crippen LogP) is 4.59. The third-order valence-corrected chi connectivity index (χ3v) is 2.53. The Morgan fingerprint density at radius 3 is 1.20 bits per heavy atom. The van der Waals surface area contributed by atoms with E-state index in [0.717, 1.165) is 0 Å². The van der Waals surface area contributed by atoms with Crippen LogP contribution < -0.4 is 0 Å². The van der Waals surface area contributed by atoms with Gasteiger partial charge in [-0.2, -0.15) is 8.78 Å². The van der Waals surface area contributed by atoms with Crippen molar-refractivity contribution in [2.75, 3.05) is 0 Å². The minimum absolute atomic E-state index is 1.92. The molecule has 0 fully saturated rings. The summed E-state index contributed by atoms with van der Waals surface area (Å²) < 4.78 is 117. The molecule has 107 valence electrons. The van der Waals surface area contributed by atoms with Crippen LogP contribution in [0, 0.1) is 47.1 Å². The number of halogens is 9. The molecule has 0 unspecified atom stereocenters. The van der Waals surface area contributed by atoms with E-state index in [9.17, 15) is 39.5 Å². The van der Waals surface area contributed by atoms with Gasteiger partial charge >= 0.3 is 6.43 Å². The smallest absolute Gasteiger partial charge is 0.203 e. The van der Waals surface area contributed by atoms with E-state index in [0.29, 0.717) is 0 Å². The second-order valence-corrected chi connectivity index (χ2v) is 3.58. The lowest BCUT2D eigenvalue weighted by atomic mass is 10.0. The predicted molar refractivity (Wildman–Crippen MR) is 48.2 cm³/mol. The number of fused-ring (bicyclic) bond motifs is 1. The molecule has 1 radical (unpaired) electrons. The van der Waals surface area contributed by atoms with Crippen LogP contribution in [0.1, 0.15) is 5.56 Å². The highest BCUT2D eigenvalue weighted by atomic mass is 19.3. The average molecular weight is 303 g/mol. The second-order valence-electron chi connectivity index (χ2n) is 3.58. The third-order valence-electron chi connectivity index (χ3n) is 2.53. The summed E-state index contributed by atoms with van der Waals surface area (Å²) in [6, 6.07) is 0. The third kappa shape index (κ3) is 1.72. The van der Waals surface area contributed by atoms with E-state index in [4.69, 9.17) is 0 Å². The lowest BCUT2D eigenvalue weighted by Gasteiger charge is -2.11. The van der Waals surface area contributed by atoms with Gasteiger partial charge in [-0.1, -0.05) is 0 Å². The Balaban J connectivity index is 3.22. The van der Waals surface area contributed by atoms with Gasteiger partial charge < -0.3 is 0 Å². The van der Waals surface area contributed by atoms with Gasteiger partial charge in [0.1, 0.15) is 0 Å². The maximum Gasteiger partial charge on any atom is 0.343 e. The van der Waals surface area contributed by atoms with Gasteiger partial charge in [-0.05, 0) is 0 Å². The van der Waals surface area contributed by atoms with Crippen LogP contribution in [0.4, 0.5) is 39.5 Å². The summed E-state index contributed by atoms with van der Waals surface area (Å²) in [5, 5.41) is -3.86. The zero-order chi connectivity index (χ0) is 15.4. The van der Waals surface area contributed by atoms with Crippen LogP contribution in [0.2, 0.25) is 0 Å². The first-order valence-electron chi connectivity index (χ1n) is 4.70. The Hall–Kier alpha value is -1.93. The Morgan fingerprint density at radius 1 is 0.450 bits per heavy atom. The van der Waals surface area contributed by atoms with Crippen LogP contribution in [0.15, 0.2) is 0 Å². The summed E-state index contributed by atoms with van der Waals surface area (Å²) >= 11 is 0. The molecule has 0 bridgehead atoms. The highest BCUT2D eigenvalue weighted by molar-refractivity contribution is 5.89. The normalized spacial score (nSPS) is 11.7. The second kappa shape index (κ2) is 4.57. The molecule has 2 aromatic rings. The fourth-order valence-electron chi connectivity index (χ4n) is 1.68. The highest BCUT2D eigenvalue weighted by Crippen LogP contribution is 2.38. The molecule has 2 rings (SSSR count). The van der Waals surface area contributed by atoms with Crippen molar-refractivity contribution in [2.24, 2.45) is 0 Å². The van der Waals surface area contributed by atoms with Crippen LogP contribution in [-0.2, 0) is 0 Å². The molecule has 0 aromatic heterocycles. The molecule has 9 heteroatoms. The van der Waals surface area contributed by atoms with E-state index in [-0.39, 0.29) is 0 Å². The molecule has 2 aromatic carbocycles. The summed E-state index contributed by atoms with van der Waals surface area (Å²) in [5.41, 5.74) is -2.17. The van der Waals surface area contributed by atoms with E-state index < -0.39 is 63.5 Å². The van der Waals surface area contributed by atoms with Gasteiger partial charge in [0, 0.05) is 5.39 Å². The number of benzene rings is 2. The summed E-state index contributed by atoms with van der Waals surface area (Å²) in [6.07, 6.45) is -3.06. The van der Waals surface area contributed by atoms with Crippen LogP contribution in [0.5, 0.6) is 0 Å². The van der Waals surface area contributed by atoms with E-state index in [1.165, 1.54) is 0 Å². The van der Waals surface area contributed by atoms with Gasteiger partial charge in [0.25, 0.3) is 0 Å². The molecular weight excluding hydrogens is 303 g/mol. The molecule has 0 heterocycles. The van der Waals surface area contributed by atoms with E-state index in [2.05, 4.69) is 0 Å². The fraction of sp³-hybridized carbons (Fsp3) is 0.